The molecule has 0 heterocycles. The molecule has 3 heteroatoms. The molecule has 4 rings (SSSR count). The molecule has 2 nitrogen and oxygen atoms in total. The molecule has 0 spiro atoms. The second-order valence-electron chi connectivity index (χ2n) is 6.96. The number of hydrogen-bond donors (Lipinski definition) is 0. The fraction of sp³-hybridized carbons (Fsp3) is 0.857. The molecular weight excluding hydrogens is 228 g/mol. The van der Waals surface area contributed by atoms with Gasteiger partial charge in [-0.05, 0) is 18.3 Å². The van der Waals surface area contributed by atoms with Gasteiger partial charge < -0.3 is 9.47 Å². The molecule has 6 atom stereocenters. The van der Waals surface area contributed by atoms with Gasteiger partial charge in [-0.25, -0.2) is 0 Å². The SMILES string of the molecule is COC1C=CC2C3CC1C(OC)C23[Si](C)(C)C. The minimum absolute atomic E-state index is 0.271. The van der Waals surface area contributed by atoms with Crippen LogP contribution in [0.5, 0.6) is 0 Å². The smallest absolute Gasteiger partial charge is 0.0805 e. The lowest BCUT2D eigenvalue weighted by Crippen LogP contribution is -2.43. The maximum atomic E-state index is 5.96. The van der Waals surface area contributed by atoms with Crippen LogP contribution in [0.4, 0.5) is 0 Å². The van der Waals surface area contributed by atoms with Crippen LogP contribution in [-0.4, -0.2) is 34.5 Å². The predicted molar refractivity (Wildman–Crippen MR) is 71.9 cm³/mol. The normalized spacial score (nSPS) is 51.5. The molecule has 0 radical (unpaired) electrons. The van der Waals surface area contributed by atoms with Crippen LogP contribution in [0.2, 0.25) is 24.7 Å². The van der Waals surface area contributed by atoms with E-state index >= 15 is 0 Å². The van der Waals surface area contributed by atoms with Crippen molar-refractivity contribution >= 4 is 8.07 Å². The first-order chi connectivity index (χ1) is 7.98. The molecule has 2 fully saturated rings. The Hall–Kier alpha value is -0.123. The molecule has 4 bridgehead atoms. The van der Waals surface area contributed by atoms with E-state index in [1.54, 1.807) is 0 Å². The lowest BCUT2D eigenvalue weighted by atomic mass is 9.95. The van der Waals surface area contributed by atoms with Crippen LogP contribution in [0.15, 0.2) is 12.2 Å². The van der Waals surface area contributed by atoms with E-state index < -0.39 is 8.07 Å². The van der Waals surface area contributed by atoms with Crippen molar-refractivity contribution in [2.24, 2.45) is 17.8 Å². The highest BCUT2D eigenvalue weighted by atomic mass is 28.3. The summed E-state index contributed by atoms with van der Waals surface area (Å²) in [5.41, 5.74) is 0. The lowest BCUT2D eigenvalue weighted by Gasteiger charge is -2.37. The molecule has 17 heavy (non-hydrogen) atoms. The topological polar surface area (TPSA) is 18.5 Å². The van der Waals surface area contributed by atoms with Crippen LogP contribution in [0, 0.1) is 17.8 Å². The highest BCUT2D eigenvalue weighted by Crippen LogP contribution is 2.81. The Kier molecular flexibility index (Phi) is 2.43. The molecule has 0 aromatic carbocycles. The van der Waals surface area contributed by atoms with Gasteiger partial charge in [0.15, 0.2) is 0 Å². The van der Waals surface area contributed by atoms with Crippen molar-refractivity contribution in [1.82, 2.24) is 0 Å². The number of methoxy groups -OCH3 is 2. The van der Waals surface area contributed by atoms with Crippen molar-refractivity contribution in [2.75, 3.05) is 14.2 Å². The van der Waals surface area contributed by atoms with E-state index in [-0.39, 0.29) is 6.10 Å². The Labute approximate surface area is 105 Å². The van der Waals surface area contributed by atoms with Gasteiger partial charge in [0.25, 0.3) is 0 Å². The third-order valence-electron chi connectivity index (χ3n) is 5.63. The van der Waals surface area contributed by atoms with Crippen molar-refractivity contribution in [3.05, 3.63) is 12.2 Å². The van der Waals surface area contributed by atoms with Gasteiger partial charge in [0, 0.05) is 25.2 Å². The Morgan fingerprint density at radius 1 is 1.12 bits per heavy atom. The zero-order chi connectivity index (χ0) is 12.4. The van der Waals surface area contributed by atoms with Crippen LogP contribution < -0.4 is 0 Å². The standard InChI is InChI=1S/C14H24O2Si/c1-15-12-7-6-10-11-8-9(12)13(16-2)14(10,11)17(3,4)5/h6-7,9-13H,8H2,1-5H3. The maximum Gasteiger partial charge on any atom is 0.0805 e. The highest BCUT2D eigenvalue weighted by molar-refractivity contribution is 6.80. The first-order valence-electron chi connectivity index (χ1n) is 6.72. The van der Waals surface area contributed by atoms with E-state index in [4.69, 9.17) is 9.47 Å². The minimum atomic E-state index is -1.22. The fourth-order valence-corrected chi connectivity index (χ4v) is 8.91. The fourth-order valence-electron chi connectivity index (χ4n) is 5.10. The van der Waals surface area contributed by atoms with Crippen molar-refractivity contribution in [3.8, 4) is 0 Å². The van der Waals surface area contributed by atoms with Gasteiger partial charge in [-0.1, -0.05) is 31.8 Å². The van der Waals surface area contributed by atoms with Gasteiger partial charge in [0.1, 0.15) is 0 Å². The Morgan fingerprint density at radius 2 is 1.82 bits per heavy atom. The molecule has 0 aromatic heterocycles. The molecule has 0 N–H and O–H groups in total. The van der Waals surface area contributed by atoms with E-state index in [0.717, 1.165) is 11.8 Å². The third kappa shape index (κ3) is 1.23. The summed E-state index contributed by atoms with van der Waals surface area (Å²) < 4.78 is 11.6. The van der Waals surface area contributed by atoms with E-state index in [1.165, 1.54) is 6.42 Å². The van der Waals surface area contributed by atoms with Gasteiger partial charge in [-0.3, -0.25) is 0 Å². The molecular formula is C14H24O2Si. The van der Waals surface area contributed by atoms with Crippen LogP contribution in [-0.2, 0) is 9.47 Å². The Balaban J connectivity index is 2.03. The summed E-state index contributed by atoms with van der Waals surface area (Å²) in [7, 11) is 2.51. The molecule has 6 unspecified atom stereocenters. The number of hydrogen-bond acceptors (Lipinski definition) is 2. The molecule has 2 saturated carbocycles. The quantitative estimate of drug-likeness (QED) is 0.568. The number of allylic oxidation sites excluding steroid dienone is 1. The van der Waals surface area contributed by atoms with E-state index in [0.29, 0.717) is 17.1 Å². The van der Waals surface area contributed by atoms with Gasteiger partial charge in [0.05, 0.1) is 20.3 Å². The summed E-state index contributed by atoms with van der Waals surface area (Å²) in [6, 6.07) is 0. The van der Waals surface area contributed by atoms with Gasteiger partial charge in [-0.15, -0.1) is 0 Å². The molecule has 4 aliphatic rings. The summed E-state index contributed by atoms with van der Waals surface area (Å²) in [5, 5.41) is 0.496. The molecule has 0 aliphatic heterocycles. The molecule has 96 valence electrons. The van der Waals surface area contributed by atoms with Crippen molar-refractivity contribution in [1.29, 1.82) is 0 Å². The largest absolute Gasteiger partial charge is 0.381 e. The lowest BCUT2D eigenvalue weighted by molar-refractivity contribution is -0.00793. The average Bonchev–Trinajstić information content (AvgIpc) is 2.84. The monoisotopic (exact) mass is 252 g/mol. The summed E-state index contributed by atoms with van der Waals surface area (Å²) >= 11 is 0. The summed E-state index contributed by atoms with van der Waals surface area (Å²) in [5.74, 6) is 2.23. The first-order valence-corrected chi connectivity index (χ1v) is 10.2. The molecule has 4 aliphatic carbocycles. The summed E-state index contributed by atoms with van der Waals surface area (Å²) in [6.07, 6.45) is 6.74. The van der Waals surface area contributed by atoms with E-state index in [1.807, 2.05) is 14.2 Å². The number of rotatable bonds is 3. The van der Waals surface area contributed by atoms with Gasteiger partial charge >= 0.3 is 0 Å². The minimum Gasteiger partial charge on any atom is -0.381 e. The number of ether oxygens (including phenoxy) is 2. The highest BCUT2D eigenvalue weighted by Gasteiger charge is 2.78. The van der Waals surface area contributed by atoms with Crippen LogP contribution in [0.3, 0.4) is 0 Å². The van der Waals surface area contributed by atoms with Crippen LogP contribution in [0.1, 0.15) is 6.42 Å². The summed E-state index contributed by atoms with van der Waals surface area (Å²) in [6.45, 7) is 7.53. The molecule has 0 aromatic rings. The van der Waals surface area contributed by atoms with Crippen molar-refractivity contribution in [3.63, 3.8) is 0 Å². The Bertz CT molecular complexity index is 360. The Morgan fingerprint density at radius 3 is 2.35 bits per heavy atom. The van der Waals surface area contributed by atoms with Crippen molar-refractivity contribution < 1.29 is 9.47 Å². The zero-order valence-corrected chi connectivity index (χ0v) is 12.6. The maximum absolute atomic E-state index is 5.96. The van der Waals surface area contributed by atoms with Gasteiger partial charge in [0.2, 0.25) is 0 Å². The zero-order valence-electron chi connectivity index (χ0n) is 11.6. The first kappa shape index (κ1) is 11.9. The second-order valence-corrected chi connectivity index (χ2v) is 12.3. The van der Waals surface area contributed by atoms with Crippen LogP contribution >= 0.6 is 0 Å². The summed E-state index contributed by atoms with van der Waals surface area (Å²) in [4.78, 5) is 0. The predicted octanol–water partition coefficient (Wildman–Crippen LogP) is 2.93. The number of fused-ring (bicyclic) bond motifs is 1. The average molecular weight is 252 g/mol. The second kappa shape index (κ2) is 3.46. The molecule has 0 saturated heterocycles. The molecule has 0 amide bonds. The van der Waals surface area contributed by atoms with E-state index in [2.05, 4.69) is 31.8 Å². The third-order valence-corrected chi connectivity index (χ3v) is 9.22. The van der Waals surface area contributed by atoms with Crippen molar-refractivity contribution in [2.45, 2.75) is 43.3 Å². The van der Waals surface area contributed by atoms with Crippen LogP contribution in [0.25, 0.3) is 0 Å². The van der Waals surface area contributed by atoms with E-state index in [9.17, 15) is 0 Å². The van der Waals surface area contributed by atoms with Gasteiger partial charge in [-0.2, -0.15) is 0 Å².